The number of pyridine rings is 1. The van der Waals surface area contributed by atoms with Gasteiger partial charge >= 0.3 is 5.97 Å². The Bertz CT molecular complexity index is 853. The van der Waals surface area contributed by atoms with Crippen LogP contribution in [0.15, 0.2) is 30.4 Å². The summed E-state index contributed by atoms with van der Waals surface area (Å²) >= 11 is 5.91. The monoisotopic (exact) mass is 364 g/mol. The molecule has 1 aromatic heterocycles. The third-order valence-electron chi connectivity index (χ3n) is 3.55. The quantitative estimate of drug-likeness (QED) is 0.640. The third-order valence-corrected chi connectivity index (χ3v) is 3.84. The first kappa shape index (κ1) is 18.7. The molecule has 2 N–H and O–H groups in total. The summed E-state index contributed by atoms with van der Waals surface area (Å²) in [5, 5.41) is 0.129. The van der Waals surface area contributed by atoms with E-state index in [1.54, 1.807) is 6.92 Å². The van der Waals surface area contributed by atoms with E-state index in [0.29, 0.717) is 17.7 Å². The lowest BCUT2D eigenvalue weighted by molar-refractivity contribution is 0.0593. The van der Waals surface area contributed by atoms with Gasteiger partial charge in [0.05, 0.1) is 24.9 Å². The molecular formula is C18H18ClFN2O3. The Morgan fingerprint density at radius 1 is 1.40 bits per heavy atom. The van der Waals surface area contributed by atoms with E-state index in [4.69, 9.17) is 26.8 Å². The summed E-state index contributed by atoms with van der Waals surface area (Å²) in [6, 6.07) is 4.42. The Labute approximate surface area is 150 Å². The number of benzene rings is 1. The summed E-state index contributed by atoms with van der Waals surface area (Å²) in [5.41, 5.74) is 7.97. The molecule has 0 spiro atoms. The van der Waals surface area contributed by atoms with Crippen molar-refractivity contribution < 1.29 is 18.7 Å². The fraction of sp³-hybridized carbons (Fsp3) is 0.222. The standard InChI is InChI=1S/C18H18ClFN2O3/c1-9(2)7-11-13(21)8-14(22-16(11)18(23)25-4)10-5-6-12(19)17(24-3)15(10)20/h5-6,8H,1,7H2,2-4H3,(H2,21,22). The number of hydrogen-bond acceptors (Lipinski definition) is 5. The van der Waals surface area contributed by atoms with Crippen LogP contribution >= 0.6 is 11.6 Å². The van der Waals surface area contributed by atoms with E-state index in [2.05, 4.69) is 11.6 Å². The molecule has 7 heteroatoms. The molecule has 0 saturated heterocycles. The number of aromatic nitrogens is 1. The number of nitrogen functional groups attached to an aromatic ring is 1. The number of carbonyl (C=O) groups excluding carboxylic acids is 1. The summed E-state index contributed by atoms with van der Waals surface area (Å²) in [6.45, 7) is 5.62. The molecule has 0 bridgehead atoms. The molecule has 0 amide bonds. The highest BCUT2D eigenvalue weighted by molar-refractivity contribution is 6.32. The topological polar surface area (TPSA) is 74.4 Å². The smallest absolute Gasteiger partial charge is 0.357 e. The van der Waals surface area contributed by atoms with Crippen molar-refractivity contribution in [3.8, 4) is 17.0 Å². The van der Waals surface area contributed by atoms with E-state index in [-0.39, 0.29) is 27.7 Å². The van der Waals surface area contributed by atoms with Crippen LogP contribution in [-0.2, 0) is 11.2 Å². The first-order valence-corrected chi connectivity index (χ1v) is 7.72. The molecule has 0 unspecified atom stereocenters. The average molecular weight is 365 g/mol. The van der Waals surface area contributed by atoms with Gasteiger partial charge in [-0.05, 0) is 31.5 Å². The van der Waals surface area contributed by atoms with Gasteiger partial charge in [0.1, 0.15) is 0 Å². The summed E-state index contributed by atoms with van der Waals surface area (Å²) in [6.07, 6.45) is 0.357. The van der Waals surface area contributed by atoms with E-state index in [0.717, 1.165) is 5.57 Å². The highest BCUT2D eigenvalue weighted by Crippen LogP contribution is 2.35. The van der Waals surface area contributed by atoms with E-state index in [9.17, 15) is 9.18 Å². The minimum Gasteiger partial charge on any atom is -0.492 e. The number of nitrogens with two attached hydrogens (primary N) is 1. The number of rotatable bonds is 5. The zero-order valence-corrected chi connectivity index (χ0v) is 14.9. The maximum Gasteiger partial charge on any atom is 0.357 e. The highest BCUT2D eigenvalue weighted by atomic mass is 35.5. The second kappa shape index (κ2) is 7.53. The number of halogens is 2. The summed E-state index contributed by atoms with van der Waals surface area (Å²) in [5.74, 6) is -1.46. The lowest BCUT2D eigenvalue weighted by Gasteiger charge is -2.14. The molecule has 25 heavy (non-hydrogen) atoms. The molecule has 0 saturated carbocycles. The predicted octanol–water partition coefficient (Wildman–Crippen LogP) is 4.04. The second-order valence-corrected chi connectivity index (χ2v) is 5.90. The zero-order valence-electron chi connectivity index (χ0n) is 14.2. The Hall–Kier alpha value is -2.60. The van der Waals surface area contributed by atoms with E-state index < -0.39 is 11.8 Å². The van der Waals surface area contributed by atoms with Crippen molar-refractivity contribution in [2.45, 2.75) is 13.3 Å². The maximum absolute atomic E-state index is 14.7. The number of hydrogen-bond donors (Lipinski definition) is 1. The van der Waals surface area contributed by atoms with Gasteiger partial charge in [-0.2, -0.15) is 0 Å². The lowest BCUT2D eigenvalue weighted by Crippen LogP contribution is -2.12. The van der Waals surface area contributed by atoms with Gasteiger partial charge in [-0.25, -0.2) is 14.2 Å². The number of carbonyl (C=O) groups is 1. The molecule has 132 valence electrons. The van der Waals surface area contributed by atoms with Crippen molar-refractivity contribution in [1.82, 2.24) is 4.98 Å². The maximum atomic E-state index is 14.7. The largest absolute Gasteiger partial charge is 0.492 e. The lowest BCUT2D eigenvalue weighted by atomic mass is 10.0. The molecule has 5 nitrogen and oxygen atoms in total. The number of esters is 1. The van der Waals surface area contributed by atoms with Crippen molar-refractivity contribution in [3.05, 3.63) is 52.4 Å². The molecular weight excluding hydrogens is 347 g/mol. The van der Waals surface area contributed by atoms with E-state index in [1.165, 1.54) is 32.4 Å². The molecule has 2 aromatic rings. The second-order valence-electron chi connectivity index (χ2n) is 5.49. The number of ether oxygens (including phenoxy) is 2. The minimum atomic E-state index is -0.689. The summed E-state index contributed by atoms with van der Waals surface area (Å²) < 4.78 is 24.4. The Morgan fingerprint density at radius 3 is 2.64 bits per heavy atom. The van der Waals surface area contributed by atoms with Crippen molar-refractivity contribution in [2.24, 2.45) is 0 Å². The van der Waals surface area contributed by atoms with Crippen molar-refractivity contribution in [2.75, 3.05) is 20.0 Å². The molecule has 1 heterocycles. The van der Waals surface area contributed by atoms with Gasteiger partial charge in [0.15, 0.2) is 17.3 Å². The van der Waals surface area contributed by atoms with Gasteiger partial charge in [0.2, 0.25) is 0 Å². The van der Waals surface area contributed by atoms with Gasteiger partial charge in [0, 0.05) is 16.8 Å². The first-order valence-electron chi connectivity index (χ1n) is 7.34. The fourth-order valence-corrected chi connectivity index (χ4v) is 2.62. The molecule has 0 radical (unpaired) electrons. The molecule has 0 aliphatic heterocycles. The predicted molar refractivity (Wildman–Crippen MR) is 95.5 cm³/mol. The summed E-state index contributed by atoms with van der Waals surface area (Å²) in [4.78, 5) is 16.4. The molecule has 1 aromatic carbocycles. The van der Waals surface area contributed by atoms with Crippen LogP contribution in [0.3, 0.4) is 0 Å². The van der Waals surface area contributed by atoms with Crippen LogP contribution in [-0.4, -0.2) is 25.2 Å². The Balaban J connectivity index is 2.70. The van der Waals surface area contributed by atoms with Crippen LogP contribution in [0.25, 0.3) is 11.3 Å². The zero-order chi connectivity index (χ0) is 18.7. The Morgan fingerprint density at radius 2 is 2.08 bits per heavy atom. The molecule has 0 atom stereocenters. The van der Waals surface area contributed by atoms with Crippen LogP contribution in [0.5, 0.6) is 5.75 Å². The molecule has 0 fully saturated rings. The van der Waals surface area contributed by atoms with Crippen LogP contribution in [0.4, 0.5) is 10.1 Å². The van der Waals surface area contributed by atoms with Crippen molar-refractivity contribution in [3.63, 3.8) is 0 Å². The Kier molecular flexibility index (Phi) is 5.64. The minimum absolute atomic E-state index is 0.0221. The van der Waals surface area contributed by atoms with Gasteiger partial charge in [0.25, 0.3) is 0 Å². The van der Waals surface area contributed by atoms with Gasteiger partial charge in [-0.1, -0.05) is 23.8 Å². The molecule has 2 rings (SSSR count). The molecule has 0 aliphatic rings. The van der Waals surface area contributed by atoms with E-state index in [1.807, 2.05) is 0 Å². The van der Waals surface area contributed by atoms with Crippen LogP contribution < -0.4 is 10.5 Å². The van der Waals surface area contributed by atoms with Crippen molar-refractivity contribution in [1.29, 1.82) is 0 Å². The number of methoxy groups -OCH3 is 2. The van der Waals surface area contributed by atoms with Gasteiger partial charge in [-0.3, -0.25) is 0 Å². The van der Waals surface area contributed by atoms with Gasteiger partial charge < -0.3 is 15.2 Å². The average Bonchev–Trinajstić information content (AvgIpc) is 2.56. The summed E-state index contributed by atoms with van der Waals surface area (Å²) in [7, 11) is 2.55. The number of anilines is 1. The highest BCUT2D eigenvalue weighted by Gasteiger charge is 2.22. The van der Waals surface area contributed by atoms with Crippen LogP contribution in [0.2, 0.25) is 5.02 Å². The fourth-order valence-electron chi connectivity index (χ4n) is 2.40. The number of nitrogens with zero attached hydrogens (tertiary/aromatic N) is 1. The SMILES string of the molecule is C=C(C)Cc1c(N)cc(-c2ccc(Cl)c(OC)c2F)nc1C(=O)OC. The molecule has 0 aliphatic carbocycles. The van der Waals surface area contributed by atoms with Crippen LogP contribution in [0, 0.1) is 5.82 Å². The van der Waals surface area contributed by atoms with Crippen molar-refractivity contribution >= 4 is 23.3 Å². The first-order chi connectivity index (χ1) is 11.8. The number of allylic oxidation sites excluding steroid dienone is 1. The third kappa shape index (κ3) is 3.74. The van der Waals surface area contributed by atoms with E-state index >= 15 is 0 Å². The normalized spacial score (nSPS) is 10.4. The van der Waals surface area contributed by atoms with Crippen LogP contribution in [0.1, 0.15) is 23.0 Å². The van der Waals surface area contributed by atoms with Gasteiger partial charge in [-0.15, -0.1) is 0 Å².